The van der Waals surface area contributed by atoms with Crippen LogP contribution in [0.25, 0.3) is 0 Å². The van der Waals surface area contributed by atoms with E-state index < -0.39 is 22.9 Å². The van der Waals surface area contributed by atoms with Crippen LogP contribution in [0.2, 0.25) is 0 Å². The Bertz CT molecular complexity index is 1750. The highest BCUT2D eigenvalue weighted by Crippen LogP contribution is 2.20. The number of rotatable bonds is 14. The fraction of sp³-hybridized carbons (Fsp3) is 0.366. The Labute approximate surface area is 324 Å². The van der Waals surface area contributed by atoms with E-state index in [0.29, 0.717) is 31.7 Å². The molecular formula is C41H54ClN5O7. The van der Waals surface area contributed by atoms with Crippen molar-refractivity contribution in [2.24, 2.45) is 11.5 Å². The molecule has 2 aromatic carbocycles. The number of hydrogen-bond acceptors (Lipinski definition) is 11. The molecule has 5 N–H and O–H groups in total. The number of hydrogen-bond donors (Lipinski definition) is 3. The molecule has 1 amide bonds. The first-order chi connectivity index (χ1) is 25.8. The number of carbonyl (C=O) groups is 4. The van der Waals surface area contributed by atoms with Gasteiger partial charge in [-0.25, -0.2) is 4.79 Å². The summed E-state index contributed by atoms with van der Waals surface area (Å²) in [6, 6.07) is 19.8. The Morgan fingerprint density at radius 3 is 1.65 bits per heavy atom. The van der Waals surface area contributed by atoms with Crippen LogP contribution < -0.4 is 26.3 Å². The SMILES string of the molecule is CCOC(=O)C(=O)Cl.COc1cc(C)ccc1CN.COc1cc(C)ccc1CNC(=O)C(=O)CCCc1ccc(C)cn1.Cc1ccc(CCN)nc1. The molecule has 0 atom stereocenters. The maximum Gasteiger partial charge on any atom is 0.391 e. The second-order valence-corrected chi connectivity index (χ2v) is 12.3. The number of pyridine rings is 2. The maximum atomic E-state index is 12.0. The molecule has 2 heterocycles. The number of Topliss-reactive ketones (excluding diaryl/α,β-unsaturated/α-hetero) is 1. The van der Waals surface area contributed by atoms with Crippen LogP contribution in [0.3, 0.4) is 0 Å². The molecule has 4 rings (SSSR count). The highest BCUT2D eigenvalue weighted by atomic mass is 35.5. The monoisotopic (exact) mass is 763 g/mol. The van der Waals surface area contributed by atoms with Gasteiger partial charge in [-0.05, 0) is 112 Å². The van der Waals surface area contributed by atoms with Gasteiger partial charge in [0.1, 0.15) is 11.5 Å². The Kier molecular flexibility index (Phi) is 23.1. The lowest BCUT2D eigenvalue weighted by molar-refractivity contribution is -0.149. The van der Waals surface area contributed by atoms with Crippen molar-refractivity contribution in [1.29, 1.82) is 0 Å². The van der Waals surface area contributed by atoms with Gasteiger partial charge in [0.15, 0.2) is 0 Å². The van der Waals surface area contributed by atoms with E-state index in [2.05, 4.69) is 26.1 Å². The predicted octanol–water partition coefficient (Wildman–Crippen LogP) is 5.58. The van der Waals surface area contributed by atoms with E-state index in [1.165, 1.54) is 11.1 Å². The summed E-state index contributed by atoms with van der Waals surface area (Å²) in [4.78, 5) is 52.3. The number of ether oxygens (including phenoxy) is 3. The number of aryl methyl sites for hydroxylation is 5. The first kappa shape index (κ1) is 46.9. The van der Waals surface area contributed by atoms with E-state index in [1.54, 1.807) is 27.3 Å². The molecule has 0 bridgehead atoms. The van der Waals surface area contributed by atoms with Crippen LogP contribution in [-0.4, -0.2) is 60.2 Å². The maximum absolute atomic E-state index is 12.0. The second kappa shape index (κ2) is 26.6. The molecule has 0 unspecified atom stereocenters. The molecule has 0 spiro atoms. The number of benzene rings is 2. The van der Waals surface area contributed by atoms with Gasteiger partial charge >= 0.3 is 11.2 Å². The molecule has 2 aromatic heterocycles. The number of halogens is 1. The van der Waals surface area contributed by atoms with Crippen molar-refractivity contribution in [2.45, 2.75) is 73.4 Å². The molecule has 13 heteroatoms. The van der Waals surface area contributed by atoms with Crippen LogP contribution in [0.15, 0.2) is 73.1 Å². The van der Waals surface area contributed by atoms with E-state index in [4.69, 9.17) is 32.5 Å². The van der Waals surface area contributed by atoms with Crippen molar-refractivity contribution in [3.05, 3.63) is 118 Å². The number of esters is 1. The predicted molar refractivity (Wildman–Crippen MR) is 211 cm³/mol. The lowest BCUT2D eigenvalue weighted by Crippen LogP contribution is -2.30. The van der Waals surface area contributed by atoms with E-state index >= 15 is 0 Å². The normalized spacial score (nSPS) is 9.81. The van der Waals surface area contributed by atoms with E-state index in [0.717, 1.165) is 45.8 Å². The van der Waals surface area contributed by atoms with Gasteiger partial charge in [-0.1, -0.05) is 36.4 Å². The Morgan fingerprint density at radius 1 is 0.722 bits per heavy atom. The van der Waals surface area contributed by atoms with E-state index in [1.807, 2.05) is 88.5 Å². The van der Waals surface area contributed by atoms with Crippen molar-refractivity contribution in [3.8, 4) is 11.5 Å². The van der Waals surface area contributed by atoms with Gasteiger partial charge in [-0.15, -0.1) is 0 Å². The van der Waals surface area contributed by atoms with E-state index in [9.17, 15) is 19.2 Å². The van der Waals surface area contributed by atoms with E-state index in [-0.39, 0.29) is 19.6 Å². The summed E-state index contributed by atoms with van der Waals surface area (Å²) >= 11 is 4.69. The number of nitrogens with two attached hydrogens (primary N) is 2. The highest BCUT2D eigenvalue weighted by Gasteiger charge is 2.14. The minimum absolute atomic E-state index is 0.178. The molecule has 12 nitrogen and oxygen atoms in total. The Morgan fingerprint density at radius 2 is 1.22 bits per heavy atom. The number of aromatic nitrogens is 2. The molecule has 0 fully saturated rings. The smallest absolute Gasteiger partial charge is 0.391 e. The van der Waals surface area contributed by atoms with Crippen molar-refractivity contribution >= 4 is 34.5 Å². The number of nitrogens with one attached hydrogen (secondary N) is 1. The first-order valence-corrected chi connectivity index (χ1v) is 17.8. The average molecular weight is 764 g/mol. The summed E-state index contributed by atoms with van der Waals surface area (Å²) in [6.07, 6.45) is 6.05. The van der Waals surface area contributed by atoms with Gasteiger partial charge < -0.3 is 31.0 Å². The molecule has 0 aliphatic rings. The Hall–Kier alpha value is -5.17. The Balaban J connectivity index is 0.000000414. The number of methoxy groups -OCH3 is 2. The summed E-state index contributed by atoms with van der Waals surface area (Å²) in [6.45, 7) is 11.3. The highest BCUT2D eigenvalue weighted by molar-refractivity contribution is 6.80. The molecule has 54 heavy (non-hydrogen) atoms. The minimum atomic E-state index is -1.08. The van der Waals surface area contributed by atoms with Crippen LogP contribution in [-0.2, 0) is 49.8 Å². The van der Waals surface area contributed by atoms with Gasteiger partial charge in [-0.3, -0.25) is 24.4 Å². The summed E-state index contributed by atoms with van der Waals surface area (Å²) in [7, 11) is 3.25. The third-order valence-electron chi connectivity index (χ3n) is 7.42. The van der Waals surface area contributed by atoms with Crippen molar-refractivity contribution in [1.82, 2.24) is 15.3 Å². The number of ketones is 1. The van der Waals surface area contributed by atoms with Gasteiger partial charge in [0.05, 0.1) is 20.8 Å². The summed E-state index contributed by atoms with van der Waals surface area (Å²) < 4.78 is 14.6. The lowest BCUT2D eigenvalue weighted by atomic mass is 10.1. The third kappa shape index (κ3) is 19.1. The molecule has 292 valence electrons. The molecule has 0 saturated heterocycles. The van der Waals surface area contributed by atoms with Gasteiger partial charge in [0.2, 0.25) is 5.78 Å². The fourth-order valence-electron chi connectivity index (χ4n) is 4.46. The number of carbonyl (C=O) groups excluding carboxylic acids is 4. The molecular weight excluding hydrogens is 710 g/mol. The van der Waals surface area contributed by atoms with Crippen LogP contribution in [0, 0.1) is 27.7 Å². The van der Waals surface area contributed by atoms with Crippen molar-refractivity contribution in [3.63, 3.8) is 0 Å². The van der Waals surface area contributed by atoms with Gasteiger partial charge in [0, 0.05) is 60.8 Å². The minimum Gasteiger partial charge on any atom is -0.496 e. The number of nitrogens with zero attached hydrogens (tertiary/aromatic N) is 2. The standard InChI is InChI=1S/C20H24N2O3.C9H13NO.C8H12N2.C4H5ClO3/c1-14-7-9-16(19(11-14)25-3)13-22-20(24)18(23)6-4-5-17-10-8-15(2)12-21-17;1-7-3-4-8(6-10)9(5-7)11-2;1-7-2-3-8(4-5-9)10-6-7;1-2-8-4(7)3(5)6/h7-12H,4-6,13H2,1-3H3,(H,22,24);3-5H,6,10H2,1-2H3;2-3,6H,4-5,9H2,1H3;2H2,1H3. The molecule has 0 aliphatic heterocycles. The zero-order valence-electron chi connectivity index (χ0n) is 32.4. The average Bonchev–Trinajstić information content (AvgIpc) is 3.16. The first-order valence-electron chi connectivity index (χ1n) is 17.5. The second-order valence-electron chi connectivity index (χ2n) is 12.0. The fourth-order valence-corrected chi connectivity index (χ4v) is 4.52. The molecule has 0 aliphatic carbocycles. The topological polar surface area (TPSA) is 186 Å². The van der Waals surface area contributed by atoms with Crippen LogP contribution in [0.5, 0.6) is 11.5 Å². The largest absolute Gasteiger partial charge is 0.496 e. The van der Waals surface area contributed by atoms with Crippen LogP contribution in [0.4, 0.5) is 0 Å². The number of amides is 1. The summed E-state index contributed by atoms with van der Waals surface area (Å²) in [5.74, 6) is -0.363. The van der Waals surface area contributed by atoms with Crippen molar-refractivity contribution in [2.75, 3.05) is 27.4 Å². The zero-order valence-corrected chi connectivity index (χ0v) is 33.1. The van der Waals surface area contributed by atoms with Crippen molar-refractivity contribution < 1.29 is 33.4 Å². The lowest BCUT2D eigenvalue weighted by Gasteiger charge is -2.10. The van der Waals surface area contributed by atoms with Gasteiger partial charge in [0.25, 0.3) is 5.91 Å². The molecule has 0 saturated carbocycles. The van der Waals surface area contributed by atoms with Crippen LogP contribution in [0.1, 0.15) is 64.5 Å². The van der Waals surface area contributed by atoms with Crippen LogP contribution >= 0.6 is 11.6 Å². The summed E-state index contributed by atoms with van der Waals surface area (Å²) in [5, 5.41) is 1.59. The quantitative estimate of drug-likeness (QED) is 0.0827. The van der Waals surface area contributed by atoms with Gasteiger partial charge in [-0.2, -0.15) is 0 Å². The third-order valence-corrected chi connectivity index (χ3v) is 7.57. The molecule has 4 aromatic rings. The summed E-state index contributed by atoms with van der Waals surface area (Å²) in [5.41, 5.74) is 19.3. The molecule has 0 radical (unpaired) electrons. The zero-order chi connectivity index (χ0) is 40.5.